The van der Waals surface area contributed by atoms with Gasteiger partial charge >= 0.3 is 0 Å². The number of rotatable bonds is 7. The van der Waals surface area contributed by atoms with Gasteiger partial charge in [0.1, 0.15) is 0 Å². The normalized spacial score (nSPS) is 10.7. The first-order chi connectivity index (χ1) is 11.5. The first-order valence-electron chi connectivity index (χ1n) is 8.45. The molecule has 0 radical (unpaired) electrons. The lowest BCUT2D eigenvalue weighted by molar-refractivity contribution is 0.0987. The summed E-state index contributed by atoms with van der Waals surface area (Å²) in [5, 5.41) is 3.18. The van der Waals surface area contributed by atoms with Crippen LogP contribution in [0.2, 0.25) is 0 Å². The molecule has 24 heavy (non-hydrogen) atoms. The van der Waals surface area contributed by atoms with Gasteiger partial charge in [0, 0.05) is 31.2 Å². The van der Waals surface area contributed by atoms with Crippen LogP contribution in [0.15, 0.2) is 36.7 Å². The van der Waals surface area contributed by atoms with Crippen LogP contribution in [0.3, 0.4) is 0 Å². The largest absolute Gasteiger partial charge is 0.354 e. The lowest BCUT2D eigenvalue weighted by atomic mass is 10.1. The molecule has 2 rings (SSSR count). The summed E-state index contributed by atoms with van der Waals surface area (Å²) in [4.78, 5) is 23.0. The van der Waals surface area contributed by atoms with Crippen LogP contribution in [0, 0.1) is 12.8 Å². The summed E-state index contributed by atoms with van der Waals surface area (Å²) in [6.07, 6.45) is 4.23. The smallest absolute Gasteiger partial charge is 0.261 e. The average Bonchev–Trinajstić information content (AvgIpc) is 2.56. The molecule has 0 bridgehead atoms. The second kappa shape index (κ2) is 8.43. The van der Waals surface area contributed by atoms with Gasteiger partial charge in [-0.1, -0.05) is 26.0 Å². The molecule has 1 aromatic heterocycles. The average molecular weight is 326 g/mol. The molecule has 0 aliphatic heterocycles. The number of carbonyl (C=O) groups excluding carboxylic acids is 1. The van der Waals surface area contributed by atoms with E-state index in [2.05, 4.69) is 29.1 Å². The Kier molecular flexibility index (Phi) is 6.29. The van der Waals surface area contributed by atoms with Crippen LogP contribution in [0.5, 0.6) is 0 Å². The predicted octanol–water partition coefficient (Wildman–Crippen LogP) is 3.91. The molecule has 5 heteroatoms. The van der Waals surface area contributed by atoms with Gasteiger partial charge in [0.25, 0.3) is 5.91 Å². The molecule has 0 spiro atoms. The highest BCUT2D eigenvalue weighted by Gasteiger charge is 2.17. The minimum atomic E-state index is -0.0863. The summed E-state index contributed by atoms with van der Waals surface area (Å²) in [7, 11) is 0. The lowest BCUT2D eigenvalue weighted by Gasteiger charge is -2.21. The highest BCUT2D eigenvalue weighted by Crippen LogP contribution is 2.18. The summed E-state index contributed by atoms with van der Waals surface area (Å²) < 4.78 is 0. The number of carbonyl (C=O) groups is 1. The van der Waals surface area contributed by atoms with E-state index in [0.29, 0.717) is 24.0 Å². The summed E-state index contributed by atoms with van der Waals surface area (Å²) in [6.45, 7) is 9.75. The first kappa shape index (κ1) is 17.9. The van der Waals surface area contributed by atoms with E-state index in [1.807, 2.05) is 38.1 Å². The first-order valence-corrected chi connectivity index (χ1v) is 8.45. The van der Waals surface area contributed by atoms with Crippen LogP contribution in [-0.2, 0) is 0 Å². The minimum absolute atomic E-state index is 0.0863. The number of hydrogen-bond acceptors (Lipinski definition) is 4. The van der Waals surface area contributed by atoms with Crippen molar-refractivity contribution in [3.8, 4) is 0 Å². The van der Waals surface area contributed by atoms with Gasteiger partial charge in [0.05, 0.1) is 5.56 Å². The minimum Gasteiger partial charge on any atom is -0.354 e. The molecular weight excluding hydrogens is 300 g/mol. The third-order valence-electron chi connectivity index (χ3n) is 3.78. The van der Waals surface area contributed by atoms with Crippen molar-refractivity contribution < 1.29 is 4.79 Å². The fourth-order valence-electron chi connectivity index (χ4n) is 2.40. The Hall–Kier alpha value is -2.43. The van der Waals surface area contributed by atoms with Gasteiger partial charge in [-0.3, -0.25) is 4.79 Å². The summed E-state index contributed by atoms with van der Waals surface area (Å²) >= 11 is 0. The van der Waals surface area contributed by atoms with Crippen LogP contribution < -0.4 is 10.2 Å². The maximum atomic E-state index is 12.7. The Morgan fingerprint density at radius 2 is 1.96 bits per heavy atom. The standard InChI is InChI=1S/C19H26N4O/c1-5-23(17-8-6-7-15(4)11-17)18(24)16-12-21-19(22-13-16)20-10-9-14(2)3/h6-8,11-14H,5,9-10H2,1-4H3,(H,20,21,22). The van der Waals surface area contributed by atoms with Gasteiger partial charge < -0.3 is 10.2 Å². The van der Waals surface area contributed by atoms with E-state index in [0.717, 1.165) is 24.2 Å². The Morgan fingerprint density at radius 3 is 2.54 bits per heavy atom. The number of nitrogens with one attached hydrogen (secondary N) is 1. The number of aryl methyl sites for hydroxylation is 1. The lowest BCUT2D eigenvalue weighted by Crippen LogP contribution is -2.30. The molecular formula is C19H26N4O. The van der Waals surface area contributed by atoms with Gasteiger partial charge in [0.15, 0.2) is 0 Å². The fraction of sp³-hybridized carbons (Fsp3) is 0.421. The van der Waals surface area contributed by atoms with E-state index in [1.54, 1.807) is 17.3 Å². The third kappa shape index (κ3) is 4.78. The van der Waals surface area contributed by atoms with E-state index in [1.165, 1.54) is 0 Å². The molecule has 5 nitrogen and oxygen atoms in total. The van der Waals surface area contributed by atoms with Crippen LogP contribution in [0.4, 0.5) is 11.6 Å². The molecule has 1 N–H and O–H groups in total. The fourth-order valence-corrected chi connectivity index (χ4v) is 2.40. The van der Waals surface area contributed by atoms with E-state index in [4.69, 9.17) is 0 Å². The van der Waals surface area contributed by atoms with Gasteiger partial charge in [-0.2, -0.15) is 0 Å². The van der Waals surface area contributed by atoms with Gasteiger partial charge in [-0.15, -0.1) is 0 Å². The highest BCUT2D eigenvalue weighted by atomic mass is 16.2. The Bertz CT molecular complexity index is 667. The van der Waals surface area contributed by atoms with Crippen molar-refractivity contribution >= 4 is 17.5 Å². The zero-order valence-electron chi connectivity index (χ0n) is 14.9. The third-order valence-corrected chi connectivity index (χ3v) is 3.78. The molecule has 1 heterocycles. The molecule has 0 aliphatic rings. The maximum absolute atomic E-state index is 12.7. The van der Waals surface area contributed by atoms with Crippen LogP contribution in [-0.4, -0.2) is 29.0 Å². The molecule has 0 unspecified atom stereocenters. The molecule has 0 aliphatic carbocycles. The molecule has 1 amide bonds. The van der Waals surface area contributed by atoms with Gasteiger partial charge in [-0.05, 0) is 43.9 Å². The second-order valence-corrected chi connectivity index (χ2v) is 6.29. The molecule has 2 aromatic rings. The summed E-state index contributed by atoms with van der Waals surface area (Å²) in [5.74, 6) is 1.11. The van der Waals surface area contributed by atoms with E-state index >= 15 is 0 Å². The second-order valence-electron chi connectivity index (χ2n) is 6.29. The SMILES string of the molecule is CCN(C(=O)c1cnc(NCCC(C)C)nc1)c1cccc(C)c1. The molecule has 0 fully saturated rings. The molecule has 128 valence electrons. The zero-order valence-corrected chi connectivity index (χ0v) is 14.9. The molecule has 1 aromatic carbocycles. The van der Waals surface area contributed by atoms with Crippen molar-refractivity contribution in [2.24, 2.45) is 5.92 Å². The monoisotopic (exact) mass is 326 g/mol. The number of hydrogen-bond donors (Lipinski definition) is 1. The van der Waals surface area contributed by atoms with Gasteiger partial charge in [0.2, 0.25) is 5.95 Å². The van der Waals surface area contributed by atoms with E-state index in [9.17, 15) is 4.79 Å². The van der Waals surface area contributed by atoms with Crippen molar-refractivity contribution in [1.29, 1.82) is 0 Å². The van der Waals surface area contributed by atoms with Crippen LogP contribution in [0.25, 0.3) is 0 Å². The highest BCUT2D eigenvalue weighted by molar-refractivity contribution is 6.05. The predicted molar refractivity (Wildman–Crippen MR) is 98.5 cm³/mol. The van der Waals surface area contributed by atoms with Crippen LogP contribution >= 0.6 is 0 Å². The molecule has 0 saturated carbocycles. The van der Waals surface area contributed by atoms with Crippen molar-refractivity contribution in [3.63, 3.8) is 0 Å². The van der Waals surface area contributed by atoms with Crippen molar-refractivity contribution in [2.45, 2.75) is 34.1 Å². The number of nitrogens with zero attached hydrogens (tertiary/aromatic N) is 3. The molecule has 0 atom stereocenters. The quantitative estimate of drug-likeness (QED) is 0.838. The van der Waals surface area contributed by atoms with Crippen LogP contribution in [0.1, 0.15) is 43.1 Å². The summed E-state index contributed by atoms with van der Waals surface area (Å²) in [6, 6.07) is 7.92. The number of aromatic nitrogens is 2. The van der Waals surface area contributed by atoms with Gasteiger partial charge in [-0.25, -0.2) is 9.97 Å². The molecule has 0 saturated heterocycles. The van der Waals surface area contributed by atoms with Crippen molar-refractivity contribution in [3.05, 3.63) is 47.8 Å². The van der Waals surface area contributed by atoms with E-state index < -0.39 is 0 Å². The Balaban J connectivity index is 2.08. The van der Waals surface area contributed by atoms with Crippen molar-refractivity contribution in [2.75, 3.05) is 23.3 Å². The summed E-state index contributed by atoms with van der Waals surface area (Å²) in [5.41, 5.74) is 2.51. The van der Waals surface area contributed by atoms with E-state index in [-0.39, 0.29) is 5.91 Å². The topological polar surface area (TPSA) is 58.1 Å². The Morgan fingerprint density at radius 1 is 1.25 bits per heavy atom. The van der Waals surface area contributed by atoms with Crippen molar-refractivity contribution in [1.82, 2.24) is 9.97 Å². The number of anilines is 2. The Labute approximate surface area is 144 Å². The zero-order chi connectivity index (χ0) is 17.5. The number of amides is 1. The number of benzene rings is 1. The maximum Gasteiger partial charge on any atom is 0.261 e.